The van der Waals surface area contributed by atoms with Crippen molar-refractivity contribution in [3.05, 3.63) is 145 Å². The maximum Gasteiger partial charge on any atom is 0.131 e. The molecule has 4 nitrogen and oxygen atoms in total. The molecule has 0 amide bonds. The zero-order valence-electron chi connectivity index (χ0n) is 23.1. The molecular formula is C37H26IrN2O2-2. The SMILES string of the molecule is CC1(C)c2ccccc2Oc2cc(-c3[c-]ccc4c3oc3ccccc34)ncc21.[Ir].[c-]1ccccc1-c1ccccn1. The van der Waals surface area contributed by atoms with E-state index in [0.29, 0.717) is 0 Å². The number of pyridine rings is 2. The third-order valence-corrected chi connectivity index (χ3v) is 7.56. The standard InChI is InChI=1S/C26H18NO2.C11H8N.Ir/c1-26(2)19-11-4-6-13-23(19)28-24-14-21(27-15-20(24)26)18-10-7-9-17-16-8-3-5-12-22(16)29-25(17)18;1-2-6-10(7-3-1)11-8-4-5-9-12-11;/h3-9,11-15H,1-2H3;1-6,8-9H;/q2*-1;. The summed E-state index contributed by atoms with van der Waals surface area (Å²) < 4.78 is 12.4. The first kappa shape index (κ1) is 27.6. The number of hydrogen-bond donors (Lipinski definition) is 0. The van der Waals surface area contributed by atoms with Crippen LogP contribution in [0, 0.1) is 12.1 Å². The Bertz CT molecular complexity index is 1960. The quantitative estimate of drug-likeness (QED) is 0.167. The summed E-state index contributed by atoms with van der Waals surface area (Å²) in [5.41, 5.74) is 7.40. The molecule has 4 aromatic carbocycles. The van der Waals surface area contributed by atoms with Crippen LogP contribution >= 0.6 is 0 Å². The molecule has 0 N–H and O–H groups in total. The number of nitrogens with zero attached hydrogens (tertiary/aromatic N) is 2. The molecule has 7 aromatic rings. The van der Waals surface area contributed by atoms with Crippen molar-refractivity contribution in [1.82, 2.24) is 9.97 Å². The van der Waals surface area contributed by atoms with E-state index in [1.54, 1.807) is 6.20 Å². The second-order valence-corrected chi connectivity index (χ2v) is 10.5. The molecule has 3 aromatic heterocycles. The molecule has 8 rings (SSSR count). The number of benzene rings is 4. The fraction of sp³-hybridized carbons (Fsp3) is 0.0811. The van der Waals surface area contributed by atoms with Crippen molar-refractivity contribution >= 4 is 21.9 Å². The minimum absolute atomic E-state index is 0. The number of ether oxygens (including phenoxy) is 1. The Balaban J connectivity index is 0.000000205. The molecule has 1 aliphatic heterocycles. The van der Waals surface area contributed by atoms with Crippen molar-refractivity contribution < 1.29 is 29.3 Å². The summed E-state index contributed by atoms with van der Waals surface area (Å²) in [5.74, 6) is 1.73. The van der Waals surface area contributed by atoms with Gasteiger partial charge in [0.05, 0.1) is 5.58 Å². The molecule has 0 spiro atoms. The van der Waals surface area contributed by atoms with Crippen molar-refractivity contribution in [1.29, 1.82) is 0 Å². The molecule has 1 radical (unpaired) electrons. The monoisotopic (exact) mass is 723 g/mol. The first-order chi connectivity index (χ1) is 20.1. The molecule has 0 atom stereocenters. The van der Waals surface area contributed by atoms with E-state index in [0.717, 1.165) is 61.5 Å². The largest absolute Gasteiger partial charge is 0.501 e. The third kappa shape index (κ3) is 4.92. The van der Waals surface area contributed by atoms with Gasteiger partial charge >= 0.3 is 0 Å². The Morgan fingerprint density at radius 3 is 2.31 bits per heavy atom. The van der Waals surface area contributed by atoms with E-state index in [1.165, 1.54) is 5.56 Å². The first-order valence-electron chi connectivity index (χ1n) is 13.6. The van der Waals surface area contributed by atoms with Gasteiger partial charge in [0.25, 0.3) is 0 Å². The number of rotatable bonds is 2. The van der Waals surface area contributed by atoms with E-state index in [9.17, 15) is 0 Å². The molecule has 0 aliphatic carbocycles. The average Bonchev–Trinajstić information content (AvgIpc) is 3.41. The first-order valence-corrected chi connectivity index (χ1v) is 13.6. The summed E-state index contributed by atoms with van der Waals surface area (Å²) in [7, 11) is 0. The van der Waals surface area contributed by atoms with Crippen molar-refractivity contribution in [3.63, 3.8) is 0 Å². The van der Waals surface area contributed by atoms with Crippen LogP contribution in [-0.2, 0) is 25.5 Å². The maximum absolute atomic E-state index is 6.26. The number of furan rings is 1. The second kappa shape index (κ2) is 11.4. The van der Waals surface area contributed by atoms with E-state index in [-0.39, 0.29) is 25.5 Å². The molecule has 0 bridgehead atoms. The number of para-hydroxylation sites is 2. The molecular weight excluding hydrogens is 697 g/mol. The van der Waals surface area contributed by atoms with Crippen LogP contribution in [0.2, 0.25) is 0 Å². The average molecular weight is 723 g/mol. The van der Waals surface area contributed by atoms with Crippen LogP contribution < -0.4 is 4.74 Å². The normalized spacial score (nSPS) is 12.7. The fourth-order valence-electron chi connectivity index (χ4n) is 5.42. The Labute approximate surface area is 258 Å². The zero-order chi connectivity index (χ0) is 27.8. The van der Waals surface area contributed by atoms with Crippen LogP contribution in [0.1, 0.15) is 25.0 Å². The van der Waals surface area contributed by atoms with Gasteiger partial charge < -0.3 is 19.1 Å². The molecule has 4 heterocycles. The van der Waals surface area contributed by atoms with Crippen LogP contribution in [0.15, 0.2) is 126 Å². The molecule has 0 saturated carbocycles. The molecule has 42 heavy (non-hydrogen) atoms. The van der Waals surface area contributed by atoms with Gasteiger partial charge in [0, 0.05) is 54.4 Å². The maximum atomic E-state index is 6.26. The molecule has 0 unspecified atom stereocenters. The van der Waals surface area contributed by atoms with Gasteiger partial charge in [0.15, 0.2) is 0 Å². The summed E-state index contributed by atoms with van der Waals surface area (Å²) in [6.07, 6.45) is 3.71. The summed E-state index contributed by atoms with van der Waals surface area (Å²) in [5, 5.41) is 2.17. The molecule has 0 fully saturated rings. The minimum atomic E-state index is -0.176. The Hall–Kier alpha value is -4.57. The van der Waals surface area contributed by atoms with Gasteiger partial charge in [0.2, 0.25) is 0 Å². The van der Waals surface area contributed by atoms with Gasteiger partial charge in [-0.15, -0.1) is 54.1 Å². The smallest absolute Gasteiger partial charge is 0.131 e. The van der Waals surface area contributed by atoms with Crippen molar-refractivity contribution in [2.24, 2.45) is 0 Å². The zero-order valence-corrected chi connectivity index (χ0v) is 25.5. The van der Waals surface area contributed by atoms with E-state index in [1.807, 2.05) is 103 Å². The van der Waals surface area contributed by atoms with Gasteiger partial charge in [-0.2, -0.15) is 0 Å². The van der Waals surface area contributed by atoms with E-state index < -0.39 is 0 Å². The Morgan fingerprint density at radius 1 is 0.667 bits per heavy atom. The van der Waals surface area contributed by atoms with Crippen molar-refractivity contribution in [3.8, 4) is 34.0 Å². The molecule has 1 aliphatic rings. The van der Waals surface area contributed by atoms with Crippen molar-refractivity contribution in [2.75, 3.05) is 0 Å². The van der Waals surface area contributed by atoms with Crippen molar-refractivity contribution in [2.45, 2.75) is 19.3 Å². The van der Waals surface area contributed by atoms with Gasteiger partial charge in [-0.3, -0.25) is 0 Å². The van der Waals surface area contributed by atoms with Gasteiger partial charge in [0.1, 0.15) is 17.1 Å². The summed E-state index contributed by atoms with van der Waals surface area (Å²) in [6, 6.07) is 42.4. The number of fused-ring (bicyclic) bond motifs is 5. The predicted octanol–water partition coefficient (Wildman–Crippen LogP) is 9.43. The van der Waals surface area contributed by atoms with E-state index in [4.69, 9.17) is 14.1 Å². The molecule has 207 valence electrons. The number of hydrogen-bond acceptors (Lipinski definition) is 4. The second-order valence-electron chi connectivity index (χ2n) is 10.5. The van der Waals surface area contributed by atoms with E-state index in [2.05, 4.69) is 43.1 Å². The summed E-state index contributed by atoms with van der Waals surface area (Å²) in [4.78, 5) is 9.00. The molecule has 0 saturated heterocycles. The number of aromatic nitrogens is 2. The summed E-state index contributed by atoms with van der Waals surface area (Å²) >= 11 is 0. The van der Waals surface area contributed by atoms with Gasteiger partial charge in [-0.05, 0) is 35.7 Å². The van der Waals surface area contributed by atoms with Gasteiger partial charge in [-0.1, -0.05) is 73.3 Å². The van der Waals surface area contributed by atoms with Crippen LogP contribution in [0.5, 0.6) is 11.5 Å². The van der Waals surface area contributed by atoms with E-state index >= 15 is 0 Å². The van der Waals surface area contributed by atoms with Crippen LogP contribution in [0.25, 0.3) is 44.5 Å². The van der Waals surface area contributed by atoms with Gasteiger partial charge in [-0.25, -0.2) is 0 Å². The Kier molecular flexibility index (Phi) is 7.47. The third-order valence-electron chi connectivity index (χ3n) is 7.56. The van der Waals surface area contributed by atoms with Crippen LogP contribution in [0.3, 0.4) is 0 Å². The fourth-order valence-corrected chi connectivity index (χ4v) is 5.42. The topological polar surface area (TPSA) is 48.2 Å². The predicted molar refractivity (Wildman–Crippen MR) is 163 cm³/mol. The summed E-state index contributed by atoms with van der Waals surface area (Å²) in [6.45, 7) is 4.42. The van der Waals surface area contributed by atoms with Crippen LogP contribution in [-0.4, -0.2) is 9.97 Å². The van der Waals surface area contributed by atoms with Crippen LogP contribution in [0.4, 0.5) is 0 Å². The Morgan fingerprint density at radius 2 is 1.48 bits per heavy atom. The minimum Gasteiger partial charge on any atom is -0.501 e. The molecule has 5 heteroatoms.